The van der Waals surface area contributed by atoms with E-state index in [-0.39, 0.29) is 5.95 Å². The average molecular weight is 268 g/mol. The van der Waals surface area contributed by atoms with Gasteiger partial charge in [-0.3, -0.25) is 0 Å². The van der Waals surface area contributed by atoms with Crippen LogP contribution in [0, 0.1) is 0 Å². The molecule has 0 unspecified atom stereocenters. The largest absolute Gasteiger partial charge is 0.394 e. The highest BCUT2D eigenvalue weighted by molar-refractivity contribution is 9.11. The van der Waals surface area contributed by atoms with Crippen molar-refractivity contribution in [2.45, 2.75) is 0 Å². The van der Waals surface area contributed by atoms with Crippen LogP contribution in [0.25, 0.3) is 0 Å². The molecule has 1 heterocycles. The third-order valence-corrected chi connectivity index (χ3v) is 2.08. The van der Waals surface area contributed by atoms with Gasteiger partial charge in [0.2, 0.25) is 5.95 Å². The Morgan fingerprint density at radius 3 is 1.80 bits per heavy atom. The molecule has 0 bridgehead atoms. The third kappa shape index (κ3) is 1.38. The lowest BCUT2D eigenvalue weighted by atomic mass is 10.6. The van der Waals surface area contributed by atoms with Crippen LogP contribution in [0.1, 0.15) is 0 Å². The Kier molecular flexibility index (Phi) is 2.10. The highest BCUT2D eigenvalue weighted by Gasteiger charge is 2.03. The lowest BCUT2D eigenvalue weighted by Crippen LogP contribution is -1.99. The van der Waals surface area contributed by atoms with E-state index in [2.05, 4.69) is 41.8 Å². The minimum Gasteiger partial charge on any atom is -0.394 e. The number of rotatable bonds is 0. The second kappa shape index (κ2) is 2.71. The van der Waals surface area contributed by atoms with Crippen molar-refractivity contribution in [2.75, 3.05) is 11.5 Å². The first-order valence-corrected chi connectivity index (χ1v) is 3.94. The zero-order chi connectivity index (χ0) is 7.72. The summed E-state index contributed by atoms with van der Waals surface area (Å²) in [6.07, 6.45) is 0. The maximum atomic E-state index is 5.48. The van der Waals surface area contributed by atoms with Gasteiger partial charge in [0, 0.05) is 0 Å². The van der Waals surface area contributed by atoms with Crippen molar-refractivity contribution in [3.63, 3.8) is 0 Å². The minimum absolute atomic E-state index is 0.188. The number of aromatic nitrogens is 2. The Hall–Kier alpha value is -0.360. The summed E-state index contributed by atoms with van der Waals surface area (Å²) in [5.74, 6) is 0.188. The number of hydrogen-bond acceptors (Lipinski definition) is 4. The third-order valence-electron chi connectivity index (χ3n) is 0.870. The van der Waals surface area contributed by atoms with Crippen molar-refractivity contribution >= 4 is 43.5 Å². The van der Waals surface area contributed by atoms with Gasteiger partial charge in [0.25, 0.3) is 0 Å². The quantitative estimate of drug-likeness (QED) is 0.692. The fourth-order valence-corrected chi connectivity index (χ4v) is 1.44. The number of halogens is 2. The second-order valence-electron chi connectivity index (χ2n) is 1.58. The number of nitrogens with two attached hydrogens (primary N) is 2. The number of nitrogen functional groups attached to an aromatic ring is 2. The predicted molar refractivity (Wildman–Crippen MR) is 46.3 cm³/mol. The molecule has 0 spiro atoms. The number of nitrogens with zero attached hydrogens (tertiary/aromatic N) is 2. The van der Waals surface area contributed by atoms with Gasteiger partial charge in [0.15, 0.2) is 0 Å². The molecule has 1 aromatic heterocycles. The minimum atomic E-state index is 0.188. The molecule has 0 amide bonds. The molecular weight excluding hydrogens is 264 g/mol. The average Bonchev–Trinajstić information content (AvgIpc) is 1.82. The van der Waals surface area contributed by atoms with Gasteiger partial charge in [-0.1, -0.05) is 0 Å². The van der Waals surface area contributed by atoms with Crippen LogP contribution in [0.4, 0.5) is 11.6 Å². The molecule has 10 heavy (non-hydrogen) atoms. The van der Waals surface area contributed by atoms with Gasteiger partial charge in [-0.05, 0) is 31.9 Å². The van der Waals surface area contributed by atoms with Gasteiger partial charge >= 0.3 is 0 Å². The van der Waals surface area contributed by atoms with Crippen molar-refractivity contribution in [3.05, 3.63) is 9.21 Å². The van der Waals surface area contributed by atoms with Gasteiger partial charge in [-0.15, -0.1) is 0 Å². The Bertz CT molecular complexity index is 238. The lowest BCUT2D eigenvalue weighted by Gasteiger charge is -1.99. The van der Waals surface area contributed by atoms with Gasteiger partial charge in [0.05, 0.1) is 5.69 Å². The second-order valence-corrected chi connectivity index (χ2v) is 3.08. The van der Waals surface area contributed by atoms with E-state index in [4.69, 9.17) is 11.5 Å². The van der Waals surface area contributed by atoms with E-state index in [1.807, 2.05) is 0 Å². The maximum Gasteiger partial charge on any atom is 0.222 e. The van der Waals surface area contributed by atoms with Crippen molar-refractivity contribution in [1.29, 1.82) is 0 Å². The molecule has 54 valence electrons. The molecule has 0 aliphatic carbocycles. The van der Waals surface area contributed by atoms with Gasteiger partial charge < -0.3 is 11.5 Å². The molecule has 6 heteroatoms. The van der Waals surface area contributed by atoms with E-state index in [9.17, 15) is 0 Å². The SMILES string of the molecule is Nc1nc(Br)c(N)c(Br)n1. The molecule has 0 radical (unpaired) electrons. The molecule has 0 saturated carbocycles. The summed E-state index contributed by atoms with van der Waals surface area (Å²) in [5.41, 5.74) is 11.2. The summed E-state index contributed by atoms with van der Waals surface area (Å²) in [5, 5.41) is 0. The highest BCUT2D eigenvalue weighted by atomic mass is 79.9. The predicted octanol–water partition coefficient (Wildman–Crippen LogP) is 1.17. The Morgan fingerprint density at radius 1 is 1.00 bits per heavy atom. The van der Waals surface area contributed by atoms with Gasteiger partial charge in [-0.2, -0.15) is 0 Å². The molecular formula is C4H4Br2N4. The van der Waals surface area contributed by atoms with Crippen LogP contribution in [0.15, 0.2) is 9.21 Å². The topological polar surface area (TPSA) is 77.8 Å². The summed E-state index contributed by atoms with van der Waals surface area (Å²) in [7, 11) is 0. The molecule has 4 nitrogen and oxygen atoms in total. The van der Waals surface area contributed by atoms with Crippen LogP contribution < -0.4 is 11.5 Å². The summed E-state index contributed by atoms with van der Waals surface area (Å²) in [6.45, 7) is 0. The fourth-order valence-electron chi connectivity index (χ4n) is 0.432. The van der Waals surface area contributed by atoms with E-state index in [1.165, 1.54) is 0 Å². The van der Waals surface area contributed by atoms with E-state index >= 15 is 0 Å². The van der Waals surface area contributed by atoms with Crippen LogP contribution in [0.3, 0.4) is 0 Å². The van der Waals surface area contributed by atoms with E-state index < -0.39 is 0 Å². The summed E-state index contributed by atoms with van der Waals surface area (Å²) >= 11 is 6.22. The molecule has 0 aromatic carbocycles. The Balaban J connectivity index is 3.31. The standard InChI is InChI=1S/C4H4Br2N4/c5-2-1(7)3(6)10-4(8)9-2/h7H2,(H2,8,9,10). The van der Waals surface area contributed by atoms with Crippen LogP contribution in [-0.2, 0) is 0 Å². The molecule has 4 N–H and O–H groups in total. The Morgan fingerprint density at radius 2 is 1.40 bits per heavy atom. The van der Waals surface area contributed by atoms with Crippen LogP contribution in [-0.4, -0.2) is 9.97 Å². The molecule has 1 aromatic rings. The first-order valence-electron chi connectivity index (χ1n) is 2.35. The first-order chi connectivity index (χ1) is 4.61. The fraction of sp³-hybridized carbons (Fsp3) is 0. The van der Waals surface area contributed by atoms with E-state index in [0.717, 1.165) is 0 Å². The molecule has 0 saturated heterocycles. The zero-order valence-corrected chi connectivity index (χ0v) is 7.98. The highest BCUT2D eigenvalue weighted by Crippen LogP contribution is 2.24. The molecule has 0 aliphatic rings. The monoisotopic (exact) mass is 266 g/mol. The molecule has 0 atom stereocenters. The smallest absolute Gasteiger partial charge is 0.222 e. The molecule has 0 aliphatic heterocycles. The van der Waals surface area contributed by atoms with Crippen LogP contribution in [0.5, 0.6) is 0 Å². The summed E-state index contributed by atoms with van der Waals surface area (Å²) in [6, 6.07) is 0. The van der Waals surface area contributed by atoms with Gasteiger partial charge in [0.1, 0.15) is 9.21 Å². The molecule has 0 fully saturated rings. The summed E-state index contributed by atoms with van der Waals surface area (Å²) < 4.78 is 1.01. The molecule has 1 rings (SSSR count). The normalized spacial score (nSPS) is 9.80. The Labute approximate surface area is 74.3 Å². The van der Waals surface area contributed by atoms with Crippen molar-refractivity contribution in [2.24, 2.45) is 0 Å². The maximum absolute atomic E-state index is 5.48. The van der Waals surface area contributed by atoms with Crippen LogP contribution >= 0.6 is 31.9 Å². The van der Waals surface area contributed by atoms with Crippen molar-refractivity contribution in [3.8, 4) is 0 Å². The summed E-state index contributed by atoms with van der Waals surface area (Å²) in [4.78, 5) is 7.52. The van der Waals surface area contributed by atoms with Crippen LogP contribution in [0.2, 0.25) is 0 Å². The van der Waals surface area contributed by atoms with E-state index in [1.54, 1.807) is 0 Å². The van der Waals surface area contributed by atoms with E-state index in [0.29, 0.717) is 14.9 Å². The zero-order valence-electron chi connectivity index (χ0n) is 4.81. The lowest BCUT2D eigenvalue weighted by molar-refractivity contribution is 1.14. The first kappa shape index (κ1) is 7.74. The number of hydrogen-bond donors (Lipinski definition) is 2. The number of anilines is 2. The van der Waals surface area contributed by atoms with Gasteiger partial charge in [-0.25, -0.2) is 9.97 Å². The van der Waals surface area contributed by atoms with Crippen molar-refractivity contribution in [1.82, 2.24) is 9.97 Å². The van der Waals surface area contributed by atoms with Crippen molar-refractivity contribution < 1.29 is 0 Å².